The van der Waals surface area contributed by atoms with Gasteiger partial charge in [-0.2, -0.15) is 0 Å². The van der Waals surface area contributed by atoms with Gasteiger partial charge >= 0.3 is 6.09 Å². The van der Waals surface area contributed by atoms with Crippen molar-refractivity contribution in [2.45, 2.75) is 39.3 Å². The molecule has 1 aromatic rings. The number of nitrogens with one attached hydrogen (secondary N) is 2. The summed E-state index contributed by atoms with van der Waals surface area (Å²) in [6.07, 6.45) is -0.378. The van der Waals surface area contributed by atoms with Crippen molar-refractivity contribution in [1.82, 2.24) is 10.6 Å². The third kappa shape index (κ3) is 6.80. The molecule has 5 nitrogen and oxygen atoms in total. The van der Waals surface area contributed by atoms with Crippen molar-refractivity contribution in [3.8, 4) is 0 Å². The Morgan fingerprint density at radius 3 is 2.27 bits per heavy atom. The summed E-state index contributed by atoms with van der Waals surface area (Å²) in [5, 5.41) is 6.12. The summed E-state index contributed by atoms with van der Waals surface area (Å²) >= 11 is 0. The van der Waals surface area contributed by atoms with Crippen molar-refractivity contribution in [3.63, 3.8) is 0 Å². The highest BCUT2D eigenvalue weighted by Gasteiger charge is 2.15. The van der Waals surface area contributed by atoms with Gasteiger partial charge in [0.1, 0.15) is 5.60 Å². The molecule has 1 rings (SSSR count). The maximum atomic E-state index is 11.5. The molecule has 0 radical (unpaired) electrons. The van der Waals surface area contributed by atoms with Crippen molar-refractivity contribution in [2.75, 3.05) is 32.1 Å². The molecule has 22 heavy (non-hydrogen) atoms. The van der Waals surface area contributed by atoms with Crippen molar-refractivity contribution >= 4 is 11.8 Å². The Hall–Kier alpha value is -1.75. The molecule has 0 saturated heterocycles. The van der Waals surface area contributed by atoms with E-state index in [0.29, 0.717) is 13.1 Å². The SMILES string of the molecule is CC(NCCNC(=O)OC(C)(C)C)c1ccc(N(C)C)cc1. The molecule has 0 saturated carbocycles. The van der Waals surface area contributed by atoms with Gasteiger partial charge in [-0.15, -0.1) is 0 Å². The normalized spacial score (nSPS) is 12.6. The number of anilines is 1. The Bertz CT molecular complexity index is 464. The molecule has 0 aliphatic rings. The van der Waals surface area contributed by atoms with Crippen molar-refractivity contribution in [3.05, 3.63) is 29.8 Å². The summed E-state index contributed by atoms with van der Waals surface area (Å²) in [7, 11) is 4.05. The van der Waals surface area contributed by atoms with Crippen LogP contribution in [0.2, 0.25) is 0 Å². The van der Waals surface area contributed by atoms with Crippen LogP contribution in [0, 0.1) is 0 Å². The standard InChI is InChI=1S/C17H29N3O2/c1-13(14-7-9-15(10-8-14)20(5)6)18-11-12-19-16(21)22-17(2,3)4/h7-10,13,18H,11-12H2,1-6H3,(H,19,21). The first-order chi connectivity index (χ1) is 10.2. The van der Waals surface area contributed by atoms with Crippen molar-refractivity contribution in [2.24, 2.45) is 0 Å². The highest BCUT2D eigenvalue weighted by atomic mass is 16.6. The molecule has 0 aliphatic heterocycles. The molecule has 124 valence electrons. The van der Waals surface area contributed by atoms with Gasteiger partial charge in [0, 0.05) is 38.9 Å². The van der Waals surface area contributed by atoms with E-state index in [0.717, 1.165) is 0 Å². The van der Waals surface area contributed by atoms with E-state index in [2.05, 4.69) is 46.7 Å². The number of carbonyl (C=O) groups is 1. The molecule has 1 unspecified atom stereocenters. The van der Waals surface area contributed by atoms with Gasteiger partial charge in [0.2, 0.25) is 0 Å². The van der Waals surface area contributed by atoms with Crippen LogP contribution in [0.1, 0.15) is 39.3 Å². The van der Waals surface area contributed by atoms with Crippen LogP contribution in [0.15, 0.2) is 24.3 Å². The van der Waals surface area contributed by atoms with Crippen LogP contribution in [0.3, 0.4) is 0 Å². The van der Waals surface area contributed by atoms with E-state index in [9.17, 15) is 4.79 Å². The van der Waals surface area contributed by atoms with Crippen molar-refractivity contribution in [1.29, 1.82) is 0 Å². The van der Waals surface area contributed by atoms with Crippen LogP contribution in [0.25, 0.3) is 0 Å². The minimum atomic E-state index is -0.459. The second-order valence-electron chi connectivity index (χ2n) is 6.59. The molecule has 1 atom stereocenters. The molecular formula is C17H29N3O2. The Kier molecular flexibility index (Phi) is 6.68. The lowest BCUT2D eigenvalue weighted by Crippen LogP contribution is -2.36. The summed E-state index contributed by atoms with van der Waals surface area (Å²) in [6, 6.07) is 8.68. The van der Waals surface area contributed by atoms with E-state index < -0.39 is 5.60 Å². The van der Waals surface area contributed by atoms with Gasteiger partial charge in [-0.25, -0.2) is 4.79 Å². The summed E-state index contributed by atoms with van der Waals surface area (Å²) in [6.45, 7) is 8.89. The average Bonchev–Trinajstić information content (AvgIpc) is 2.41. The Labute approximate surface area is 134 Å². The maximum absolute atomic E-state index is 11.5. The summed E-state index contributed by atoms with van der Waals surface area (Å²) in [5.41, 5.74) is 1.95. The zero-order valence-electron chi connectivity index (χ0n) is 14.6. The monoisotopic (exact) mass is 307 g/mol. The van der Waals surface area contributed by atoms with E-state index in [1.165, 1.54) is 11.3 Å². The van der Waals surface area contributed by atoms with Crippen LogP contribution in [0.5, 0.6) is 0 Å². The quantitative estimate of drug-likeness (QED) is 0.794. The number of rotatable bonds is 6. The van der Waals surface area contributed by atoms with Gasteiger partial charge in [0.25, 0.3) is 0 Å². The van der Waals surface area contributed by atoms with Gasteiger partial charge in [-0.1, -0.05) is 12.1 Å². The number of amides is 1. The molecule has 0 bridgehead atoms. The first-order valence-electron chi connectivity index (χ1n) is 7.66. The number of ether oxygens (including phenoxy) is 1. The van der Waals surface area contributed by atoms with E-state index >= 15 is 0 Å². The fraction of sp³-hybridized carbons (Fsp3) is 0.588. The van der Waals surface area contributed by atoms with E-state index in [-0.39, 0.29) is 12.1 Å². The number of hydrogen-bond acceptors (Lipinski definition) is 4. The molecule has 0 spiro atoms. The van der Waals surface area contributed by atoms with Crippen LogP contribution in [-0.4, -0.2) is 38.9 Å². The molecule has 0 heterocycles. The van der Waals surface area contributed by atoms with Crippen LogP contribution in [0.4, 0.5) is 10.5 Å². The average molecular weight is 307 g/mol. The van der Waals surface area contributed by atoms with Crippen LogP contribution in [-0.2, 0) is 4.74 Å². The highest BCUT2D eigenvalue weighted by Crippen LogP contribution is 2.17. The fourth-order valence-electron chi connectivity index (χ4n) is 1.95. The van der Waals surface area contributed by atoms with E-state index in [1.54, 1.807) is 0 Å². The first kappa shape index (κ1) is 18.3. The van der Waals surface area contributed by atoms with Crippen molar-refractivity contribution < 1.29 is 9.53 Å². The van der Waals surface area contributed by atoms with E-state index in [1.807, 2.05) is 34.9 Å². The van der Waals surface area contributed by atoms with Gasteiger partial charge < -0.3 is 20.3 Å². The third-order valence-electron chi connectivity index (χ3n) is 3.15. The Morgan fingerprint density at radius 1 is 1.18 bits per heavy atom. The van der Waals surface area contributed by atoms with Gasteiger partial charge in [-0.05, 0) is 45.4 Å². The molecule has 1 amide bonds. The molecule has 0 aliphatic carbocycles. The lowest BCUT2D eigenvalue weighted by Gasteiger charge is -2.20. The van der Waals surface area contributed by atoms with Gasteiger partial charge in [0.05, 0.1) is 0 Å². The molecule has 1 aromatic carbocycles. The minimum Gasteiger partial charge on any atom is -0.444 e. The number of nitrogens with zero attached hydrogens (tertiary/aromatic N) is 1. The molecule has 5 heteroatoms. The molecule has 0 fully saturated rings. The Morgan fingerprint density at radius 2 is 1.77 bits per heavy atom. The predicted octanol–water partition coefficient (Wildman–Crippen LogP) is 2.93. The number of hydrogen-bond donors (Lipinski definition) is 2. The summed E-state index contributed by atoms with van der Waals surface area (Å²) in [4.78, 5) is 13.6. The topological polar surface area (TPSA) is 53.6 Å². The number of alkyl carbamates (subject to hydrolysis) is 1. The summed E-state index contributed by atoms with van der Waals surface area (Å²) in [5.74, 6) is 0. The largest absolute Gasteiger partial charge is 0.444 e. The third-order valence-corrected chi connectivity index (χ3v) is 3.15. The molecule has 0 aromatic heterocycles. The number of carbonyl (C=O) groups excluding carboxylic acids is 1. The lowest BCUT2D eigenvalue weighted by molar-refractivity contribution is 0.0528. The summed E-state index contributed by atoms with van der Waals surface area (Å²) < 4.78 is 5.18. The smallest absolute Gasteiger partial charge is 0.407 e. The molecule has 2 N–H and O–H groups in total. The van der Waals surface area contributed by atoms with Crippen LogP contribution >= 0.6 is 0 Å². The molecular weight excluding hydrogens is 278 g/mol. The minimum absolute atomic E-state index is 0.233. The zero-order valence-corrected chi connectivity index (χ0v) is 14.6. The predicted molar refractivity (Wildman–Crippen MR) is 91.4 cm³/mol. The number of benzene rings is 1. The zero-order chi connectivity index (χ0) is 16.8. The van der Waals surface area contributed by atoms with E-state index in [4.69, 9.17) is 4.74 Å². The van der Waals surface area contributed by atoms with Gasteiger partial charge in [0.15, 0.2) is 0 Å². The second-order valence-corrected chi connectivity index (χ2v) is 6.59. The van der Waals surface area contributed by atoms with Gasteiger partial charge in [-0.3, -0.25) is 0 Å². The highest BCUT2D eigenvalue weighted by molar-refractivity contribution is 5.67. The first-order valence-corrected chi connectivity index (χ1v) is 7.66. The lowest BCUT2D eigenvalue weighted by atomic mass is 10.1. The van der Waals surface area contributed by atoms with Crippen LogP contribution < -0.4 is 15.5 Å². The fourth-order valence-corrected chi connectivity index (χ4v) is 1.95. The Balaban J connectivity index is 2.31. The maximum Gasteiger partial charge on any atom is 0.407 e. The second kappa shape index (κ2) is 8.03.